The van der Waals surface area contributed by atoms with E-state index in [4.69, 9.17) is 9.47 Å². The van der Waals surface area contributed by atoms with Crippen LogP contribution in [-0.4, -0.2) is 41.2 Å². The number of anilines is 2. The number of nitrogens with zero attached hydrogens (tertiary/aromatic N) is 3. The first-order valence-corrected chi connectivity index (χ1v) is 10.3. The van der Waals surface area contributed by atoms with E-state index in [0.29, 0.717) is 19.2 Å². The molecule has 3 heterocycles. The summed E-state index contributed by atoms with van der Waals surface area (Å²) >= 11 is 0. The molecule has 0 unspecified atom stereocenters. The molecule has 30 heavy (non-hydrogen) atoms. The lowest BCUT2D eigenvalue weighted by molar-refractivity contribution is 0.161. The monoisotopic (exact) mass is 400 g/mol. The molecule has 1 N–H and O–H groups in total. The molecule has 0 aliphatic carbocycles. The van der Waals surface area contributed by atoms with Crippen LogP contribution < -0.4 is 5.32 Å². The van der Waals surface area contributed by atoms with E-state index in [1.165, 1.54) is 22.3 Å². The summed E-state index contributed by atoms with van der Waals surface area (Å²) in [5, 5.41) is 7.98. The predicted molar refractivity (Wildman–Crippen MR) is 118 cm³/mol. The van der Waals surface area contributed by atoms with Crippen LogP contribution in [0.5, 0.6) is 0 Å². The van der Waals surface area contributed by atoms with Crippen LogP contribution in [0.2, 0.25) is 0 Å². The van der Waals surface area contributed by atoms with Crippen LogP contribution in [0.1, 0.15) is 24.0 Å². The standard InChI is InChI=1S/C24H24N4O2/c1-2-4-23(5-3-1)28-17-25-24(27-28)26-22-15-20(18-6-10-29-11-7-18)14-21(16-22)19-8-12-30-13-9-19/h1-6,8,14-17H,7,9-13H2,(H,26,27). The maximum Gasteiger partial charge on any atom is 0.246 e. The van der Waals surface area contributed by atoms with Gasteiger partial charge >= 0.3 is 0 Å². The van der Waals surface area contributed by atoms with E-state index in [9.17, 15) is 0 Å². The molecule has 0 radical (unpaired) electrons. The molecule has 6 heteroatoms. The van der Waals surface area contributed by atoms with Crippen LogP contribution >= 0.6 is 0 Å². The Hall–Kier alpha value is -3.22. The number of hydrogen-bond donors (Lipinski definition) is 1. The van der Waals surface area contributed by atoms with Gasteiger partial charge in [0.2, 0.25) is 5.95 Å². The highest BCUT2D eigenvalue weighted by Gasteiger charge is 2.14. The van der Waals surface area contributed by atoms with Crippen LogP contribution in [0.4, 0.5) is 11.6 Å². The highest BCUT2D eigenvalue weighted by molar-refractivity contribution is 5.78. The Morgan fingerprint density at radius 2 is 1.50 bits per heavy atom. The molecule has 152 valence electrons. The molecular formula is C24H24N4O2. The summed E-state index contributed by atoms with van der Waals surface area (Å²) in [6, 6.07) is 16.6. The minimum atomic E-state index is 0.573. The first-order valence-electron chi connectivity index (χ1n) is 10.3. The SMILES string of the molecule is C1=C(c2cc(Nc3ncn(-c4ccccc4)n3)cc(C3=CCOCC3)c2)CCOC1. The van der Waals surface area contributed by atoms with Gasteiger partial charge in [-0.25, -0.2) is 4.68 Å². The van der Waals surface area contributed by atoms with Gasteiger partial charge in [-0.3, -0.25) is 0 Å². The first kappa shape index (κ1) is 18.8. The molecule has 0 spiro atoms. The van der Waals surface area contributed by atoms with Crippen LogP contribution in [-0.2, 0) is 9.47 Å². The Morgan fingerprint density at radius 3 is 2.10 bits per heavy atom. The minimum absolute atomic E-state index is 0.573. The van der Waals surface area contributed by atoms with Crippen molar-refractivity contribution in [3.05, 3.63) is 78.1 Å². The van der Waals surface area contributed by atoms with Crippen LogP contribution in [0, 0.1) is 0 Å². The number of nitrogens with one attached hydrogen (secondary N) is 1. The van der Waals surface area contributed by atoms with Crippen molar-refractivity contribution in [3.63, 3.8) is 0 Å². The molecule has 1 aromatic heterocycles. The van der Waals surface area contributed by atoms with E-state index in [1.54, 1.807) is 11.0 Å². The normalized spacial score (nSPS) is 16.7. The molecule has 6 nitrogen and oxygen atoms in total. The number of rotatable bonds is 5. The molecule has 0 saturated heterocycles. The van der Waals surface area contributed by atoms with Gasteiger partial charge < -0.3 is 14.8 Å². The van der Waals surface area contributed by atoms with Gasteiger partial charge in [0.05, 0.1) is 32.1 Å². The Morgan fingerprint density at radius 1 is 0.833 bits per heavy atom. The van der Waals surface area contributed by atoms with Gasteiger partial charge in [0.15, 0.2) is 0 Å². The van der Waals surface area contributed by atoms with Gasteiger partial charge in [-0.2, -0.15) is 4.98 Å². The highest BCUT2D eigenvalue weighted by atomic mass is 16.5. The third kappa shape index (κ3) is 4.20. The lowest BCUT2D eigenvalue weighted by Gasteiger charge is -2.19. The molecule has 0 bridgehead atoms. The zero-order chi connectivity index (χ0) is 20.2. The summed E-state index contributed by atoms with van der Waals surface area (Å²) < 4.78 is 12.8. The van der Waals surface area contributed by atoms with Crippen LogP contribution in [0.3, 0.4) is 0 Å². The van der Waals surface area contributed by atoms with Gasteiger partial charge in [0.25, 0.3) is 0 Å². The van der Waals surface area contributed by atoms with E-state index < -0.39 is 0 Å². The quantitative estimate of drug-likeness (QED) is 0.677. The van der Waals surface area contributed by atoms with Gasteiger partial charge in [-0.1, -0.05) is 30.4 Å². The summed E-state index contributed by atoms with van der Waals surface area (Å²) in [5.41, 5.74) is 7.03. The Bertz CT molecular complexity index is 1040. The van der Waals surface area contributed by atoms with Crippen molar-refractivity contribution in [2.24, 2.45) is 0 Å². The summed E-state index contributed by atoms with van der Waals surface area (Å²) in [4.78, 5) is 4.44. The number of para-hydroxylation sites is 1. The number of benzene rings is 2. The summed E-state index contributed by atoms with van der Waals surface area (Å²) in [5.74, 6) is 0.573. The van der Waals surface area contributed by atoms with Gasteiger partial charge in [-0.15, -0.1) is 5.10 Å². The zero-order valence-electron chi connectivity index (χ0n) is 16.8. The number of ether oxygens (including phenoxy) is 2. The third-order valence-electron chi connectivity index (χ3n) is 5.37. The predicted octanol–water partition coefficient (Wildman–Crippen LogP) is 4.62. The molecule has 0 atom stereocenters. The van der Waals surface area contributed by atoms with Gasteiger partial charge in [0.1, 0.15) is 6.33 Å². The lowest BCUT2D eigenvalue weighted by atomic mass is 9.94. The molecule has 2 aliphatic heterocycles. The number of aromatic nitrogens is 3. The Labute approximate surface area is 175 Å². The van der Waals surface area contributed by atoms with Crippen molar-refractivity contribution in [3.8, 4) is 5.69 Å². The Kier molecular flexibility index (Phi) is 5.42. The number of hydrogen-bond acceptors (Lipinski definition) is 5. The highest BCUT2D eigenvalue weighted by Crippen LogP contribution is 2.31. The average Bonchev–Trinajstić information content (AvgIpc) is 3.29. The van der Waals surface area contributed by atoms with Crippen molar-refractivity contribution in [1.29, 1.82) is 0 Å². The second-order valence-electron chi connectivity index (χ2n) is 7.38. The first-order chi connectivity index (χ1) is 14.8. The average molecular weight is 400 g/mol. The van der Waals surface area contributed by atoms with E-state index >= 15 is 0 Å². The summed E-state index contributed by atoms with van der Waals surface area (Å²) in [6.45, 7) is 2.86. The molecule has 2 aromatic carbocycles. The van der Waals surface area contributed by atoms with E-state index in [-0.39, 0.29) is 0 Å². The molecule has 5 rings (SSSR count). The van der Waals surface area contributed by atoms with Gasteiger partial charge in [0, 0.05) is 5.69 Å². The fourth-order valence-corrected chi connectivity index (χ4v) is 3.80. The van der Waals surface area contributed by atoms with Crippen LogP contribution in [0.25, 0.3) is 16.8 Å². The molecule has 0 saturated carbocycles. The molecule has 0 amide bonds. The Balaban J connectivity index is 1.47. The second-order valence-corrected chi connectivity index (χ2v) is 7.38. The van der Waals surface area contributed by atoms with E-state index in [1.807, 2.05) is 30.3 Å². The largest absolute Gasteiger partial charge is 0.377 e. The third-order valence-corrected chi connectivity index (χ3v) is 5.37. The smallest absolute Gasteiger partial charge is 0.246 e. The molecular weight excluding hydrogens is 376 g/mol. The fraction of sp³-hybridized carbons (Fsp3) is 0.250. The van der Waals surface area contributed by atoms with E-state index in [0.717, 1.165) is 37.4 Å². The molecule has 2 aliphatic rings. The maximum atomic E-state index is 5.50. The van der Waals surface area contributed by atoms with Crippen molar-refractivity contribution < 1.29 is 9.47 Å². The van der Waals surface area contributed by atoms with Gasteiger partial charge in [-0.05, 0) is 65.4 Å². The van der Waals surface area contributed by atoms with Crippen molar-refractivity contribution >= 4 is 22.8 Å². The van der Waals surface area contributed by atoms with Crippen LogP contribution in [0.15, 0.2) is 67.0 Å². The summed E-state index contributed by atoms with van der Waals surface area (Å²) in [6.07, 6.45) is 7.92. The maximum absolute atomic E-state index is 5.50. The fourth-order valence-electron chi connectivity index (χ4n) is 3.80. The van der Waals surface area contributed by atoms with Crippen molar-refractivity contribution in [1.82, 2.24) is 14.8 Å². The second kappa shape index (κ2) is 8.65. The molecule has 0 fully saturated rings. The topological polar surface area (TPSA) is 61.2 Å². The minimum Gasteiger partial charge on any atom is -0.377 e. The lowest BCUT2D eigenvalue weighted by Crippen LogP contribution is -2.06. The summed E-state index contributed by atoms with van der Waals surface area (Å²) in [7, 11) is 0. The van der Waals surface area contributed by atoms with Crippen molar-refractivity contribution in [2.75, 3.05) is 31.7 Å². The zero-order valence-corrected chi connectivity index (χ0v) is 16.8. The van der Waals surface area contributed by atoms with E-state index in [2.05, 4.69) is 45.8 Å². The van der Waals surface area contributed by atoms with Crippen molar-refractivity contribution in [2.45, 2.75) is 12.8 Å². The molecule has 3 aromatic rings.